The minimum atomic E-state index is -3.90. The van der Waals surface area contributed by atoms with Crippen molar-refractivity contribution in [3.63, 3.8) is 0 Å². The van der Waals surface area contributed by atoms with Gasteiger partial charge in [0.2, 0.25) is 5.89 Å². The van der Waals surface area contributed by atoms with Crippen LogP contribution in [-0.2, 0) is 23.0 Å². The van der Waals surface area contributed by atoms with Gasteiger partial charge in [-0.3, -0.25) is 9.79 Å². The highest BCUT2D eigenvalue weighted by molar-refractivity contribution is 7.92. The van der Waals surface area contributed by atoms with Crippen LogP contribution in [0.3, 0.4) is 0 Å². The second-order valence-electron chi connectivity index (χ2n) is 8.69. The topological polar surface area (TPSA) is 115 Å². The number of thiophene rings is 1. The molecule has 0 bridgehead atoms. The van der Waals surface area contributed by atoms with Gasteiger partial charge in [0, 0.05) is 34.7 Å². The summed E-state index contributed by atoms with van der Waals surface area (Å²) in [5.74, 6) is 0.195. The Kier molecular flexibility index (Phi) is 5.69. The minimum Gasteiger partial charge on any atom is -0.408 e. The van der Waals surface area contributed by atoms with Crippen molar-refractivity contribution < 1.29 is 17.6 Å². The lowest BCUT2D eigenvalue weighted by Gasteiger charge is -2.10. The Morgan fingerprint density at radius 1 is 1.05 bits per heavy atom. The van der Waals surface area contributed by atoms with E-state index in [2.05, 4.69) is 38.1 Å². The van der Waals surface area contributed by atoms with Gasteiger partial charge in [-0.25, -0.2) is 13.1 Å². The number of fused-ring (bicyclic) bond motifs is 2. The number of rotatable bonds is 7. The molecule has 37 heavy (non-hydrogen) atoms. The van der Waals surface area contributed by atoms with Crippen LogP contribution in [0.25, 0.3) is 20.5 Å². The fraction of sp³-hybridized carbons (Fsp3) is 0.111. The molecule has 184 valence electrons. The average Bonchev–Trinajstić information content (AvgIpc) is 3.62. The molecule has 0 radical (unpaired) electrons. The number of aryl methyl sites for hydroxylation is 1. The number of carbonyl (C=O) groups excluding carboxylic acids is 1. The van der Waals surface area contributed by atoms with Crippen LogP contribution in [0.1, 0.15) is 32.9 Å². The summed E-state index contributed by atoms with van der Waals surface area (Å²) in [6, 6.07) is 20.2. The van der Waals surface area contributed by atoms with E-state index in [1.807, 2.05) is 30.5 Å². The molecule has 0 saturated carbocycles. The molecule has 0 fully saturated rings. The van der Waals surface area contributed by atoms with E-state index >= 15 is 0 Å². The highest BCUT2D eigenvalue weighted by Gasteiger charge is 2.21. The molecule has 2 aromatic heterocycles. The molecule has 0 aliphatic carbocycles. The third-order valence-electron chi connectivity index (χ3n) is 6.12. The molecule has 3 aromatic carbocycles. The standard InChI is InChI=1S/C27H20N4O4S2/c1-16-29-30-27(35-16)31-37(33,34)21-8-6-17(7-9-21)10-24(32)19-11-20-14-28-15-23(20)22(12-19)26-13-18-4-2-3-5-25(18)36-26/h2-9,11-14H,10,15H2,1H3,(H,30,31). The first-order valence-electron chi connectivity index (χ1n) is 11.5. The number of aliphatic imine (C=N–C) groups is 1. The zero-order valence-electron chi connectivity index (χ0n) is 19.6. The molecular formula is C27H20N4O4S2. The van der Waals surface area contributed by atoms with Crippen LogP contribution in [0, 0.1) is 6.92 Å². The highest BCUT2D eigenvalue weighted by atomic mass is 32.2. The monoisotopic (exact) mass is 528 g/mol. The molecule has 0 atom stereocenters. The molecule has 10 heteroatoms. The summed E-state index contributed by atoms with van der Waals surface area (Å²) in [5.41, 5.74) is 4.42. The summed E-state index contributed by atoms with van der Waals surface area (Å²) in [6.07, 6.45) is 1.96. The number of nitrogens with one attached hydrogen (secondary N) is 1. The van der Waals surface area contributed by atoms with E-state index in [9.17, 15) is 13.2 Å². The van der Waals surface area contributed by atoms with E-state index in [0.29, 0.717) is 17.7 Å². The van der Waals surface area contributed by atoms with Gasteiger partial charge in [-0.2, -0.15) is 0 Å². The number of nitrogens with zero attached hydrogens (tertiary/aromatic N) is 3. The van der Waals surface area contributed by atoms with Crippen molar-refractivity contribution in [1.29, 1.82) is 0 Å². The van der Waals surface area contributed by atoms with Crippen molar-refractivity contribution in [3.05, 3.63) is 94.9 Å². The van der Waals surface area contributed by atoms with Crippen molar-refractivity contribution in [3.8, 4) is 10.4 Å². The maximum absolute atomic E-state index is 13.3. The smallest absolute Gasteiger partial charge is 0.329 e. The fourth-order valence-electron chi connectivity index (χ4n) is 4.30. The Bertz CT molecular complexity index is 1770. The maximum atomic E-state index is 13.3. The van der Waals surface area contributed by atoms with Crippen LogP contribution < -0.4 is 4.72 Å². The predicted octanol–water partition coefficient (Wildman–Crippen LogP) is 5.42. The number of Topliss-reactive ketones (excluding diaryl/α,β-unsaturated/α-hetero) is 1. The van der Waals surface area contributed by atoms with Gasteiger partial charge in [0.05, 0.1) is 11.4 Å². The van der Waals surface area contributed by atoms with E-state index in [-0.39, 0.29) is 29.0 Å². The molecule has 1 aliphatic rings. The van der Waals surface area contributed by atoms with Crippen LogP contribution in [-0.4, -0.2) is 30.6 Å². The van der Waals surface area contributed by atoms with Crippen LogP contribution >= 0.6 is 11.3 Å². The zero-order valence-corrected chi connectivity index (χ0v) is 21.3. The van der Waals surface area contributed by atoms with Gasteiger partial charge in [-0.1, -0.05) is 35.4 Å². The molecule has 1 N–H and O–H groups in total. The van der Waals surface area contributed by atoms with E-state index in [4.69, 9.17) is 4.42 Å². The Balaban J connectivity index is 1.25. The van der Waals surface area contributed by atoms with E-state index in [1.54, 1.807) is 30.4 Å². The van der Waals surface area contributed by atoms with Crippen molar-refractivity contribution in [1.82, 2.24) is 10.2 Å². The molecule has 0 spiro atoms. The van der Waals surface area contributed by atoms with E-state index in [0.717, 1.165) is 21.6 Å². The largest absolute Gasteiger partial charge is 0.408 e. The van der Waals surface area contributed by atoms with Crippen LogP contribution in [0.4, 0.5) is 6.01 Å². The molecule has 3 heterocycles. The first-order chi connectivity index (χ1) is 17.9. The van der Waals surface area contributed by atoms with Gasteiger partial charge in [-0.05, 0) is 64.0 Å². The third kappa shape index (κ3) is 4.56. The summed E-state index contributed by atoms with van der Waals surface area (Å²) in [7, 11) is -3.90. The number of aromatic nitrogens is 2. The van der Waals surface area contributed by atoms with Crippen molar-refractivity contribution in [2.24, 2.45) is 4.99 Å². The summed E-state index contributed by atoms with van der Waals surface area (Å²) >= 11 is 1.70. The SMILES string of the molecule is Cc1nnc(NS(=O)(=O)c2ccc(CC(=O)c3cc4c(c(-c5cc6ccccc6s5)c3)CN=C4)cc2)o1. The molecule has 5 aromatic rings. The van der Waals surface area contributed by atoms with Gasteiger partial charge in [0.1, 0.15) is 0 Å². The fourth-order valence-corrected chi connectivity index (χ4v) is 6.33. The lowest BCUT2D eigenvalue weighted by atomic mass is 9.94. The van der Waals surface area contributed by atoms with Crippen LogP contribution in [0.2, 0.25) is 0 Å². The maximum Gasteiger partial charge on any atom is 0.329 e. The van der Waals surface area contributed by atoms with Gasteiger partial charge in [0.15, 0.2) is 5.78 Å². The Hall–Kier alpha value is -4.15. The summed E-state index contributed by atoms with van der Waals surface area (Å²) in [4.78, 5) is 18.9. The average molecular weight is 529 g/mol. The number of hydrogen-bond acceptors (Lipinski definition) is 8. The molecule has 0 amide bonds. The van der Waals surface area contributed by atoms with E-state index < -0.39 is 10.0 Å². The Labute approximate surface area is 216 Å². The Morgan fingerprint density at radius 2 is 1.86 bits per heavy atom. The molecule has 0 saturated heterocycles. The summed E-state index contributed by atoms with van der Waals surface area (Å²) in [5, 5.41) is 8.43. The molecule has 1 aliphatic heterocycles. The molecular weight excluding hydrogens is 508 g/mol. The number of sulfonamides is 1. The number of hydrogen-bond donors (Lipinski definition) is 1. The Morgan fingerprint density at radius 3 is 2.62 bits per heavy atom. The van der Waals surface area contributed by atoms with E-state index in [1.165, 1.54) is 22.2 Å². The number of carbonyl (C=O) groups is 1. The van der Waals surface area contributed by atoms with Gasteiger partial charge >= 0.3 is 6.01 Å². The molecule has 0 unspecified atom stereocenters. The van der Waals surface area contributed by atoms with Gasteiger partial charge in [0.25, 0.3) is 10.0 Å². The quantitative estimate of drug-likeness (QED) is 0.282. The van der Waals surface area contributed by atoms with Crippen molar-refractivity contribution in [2.75, 3.05) is 4.72 Å². The summed E-state index contributed by atoms with van der Waals surface area (Å²) < 4.78 is 33.7. The third-order valence-corrected chi connectivity index (χ3v) is 8.61. The zero-order chi connectivity index (χ0) is 25.6. The van der Waals surface area contributed by atoms with Gasteiger partial charge in [-0.15, -0.1) is 16.4 Å². The van der Waals surface area contributed by atoms with Crippen LogP contribution in [0.5, 0.6) is 0 Å². The second kappa shape index (κ2) is 9.06. The highest BCUT2D eigenvalue weighted by Crippen LogP contribution is 2.38. The van der Waals surface area contributed by atoms with Crippen LogP contribution in [0.15, 0.2) is 81.0 Å². The minimum absolute atomic E-state index is 0.0281. The van der Waals surface area contributed by atoms with Crippen molar-refractivity contribution >= 4 is 49.5 Å². The first-order valence-corrected chi connectivity index (χ1v) is 13.8. The predicted molar refractivity (Wildman–Crippen MR) is 143 cm³/mol. The van der Waals surface area contributed by atoms with Crippen molar-refractivity contribution in [2.45, 2.75) is 24.8 Å². The number of ketones is 1. The number of benzene rings is 3. The normalized spacial score (nSPS) is 12.7. The first kappa shape index (κ1) is 23.3. The second-order valence-corrected chi connectivity index (χ2v) is 11.5. The van der Waals surface area contributed by atoms with Gasteiger partial charge < -0.3 is 4.42 Å². The molecule has 8 nitrogen and oxygen atoms in total. The lowest BCUT2D eigenvalue weighted by Crippen LogP contribution is -2.13. The summed E-state index contributed by atoms with van der Waals surface area (Å²) in [6.45, 7) is 2.16. The molecule has 6 rings (SSSR count). The number of anilines is 1. The lowest BCUT2D eigenvalue weighted by molar-refractivity contribution is 0.0993.